The first-order chi connectivity index (χ1) is 13.5. The number of aromatic nitrogens is 3. The highest BCUT2D eigenvalue weighted by molar-refractivity contribution is 7.22. The maximum atomic E-state index is 12.8. The Morgan fingerprint density at radius 2 is 1.82 bits per heavy atom. The lowest BCUT2D eigenvalue weighted by Gasteiger charge is -2.12. The van der Waals surface area contributed by atoms with Crippen molar-refractivity contribution in [3.05, 3.63) is 71.2 Å². The molecule has 28 heavy (non-hydrogen) atoms. The SMILES string of the molecule is Cc1cc(C)c(NC(=O)c2ccc3nc(Nc4ccncn4)sc3c2)c(C)c1. The third-order valence-corrected chi connectivity index (χ3v) is 5.32. The molecule has 2 heterocycles. The van der Waals surface area contributed by atoms with E-state index in [1.165, 1.54) is 23.2 Å². The van der Waals surface area contributed by atoms with Crippen LogP contribution in [0.4, 0.5) is 16.6 Å². The van der Waals surface area contributed by atoms with Gasteiger partial charge in [0.2, 0.25) is 0 Å². The van der Waals surface area contributed by atoms with Crippen molar-refractivity contribution in [2.75, 3.05) is 10.6 Å². The summed E-state index contributed by atoms with van der Waals surface area (Å²) in [5.41, 5.74) is 5.60. The first-order valence-corrected chi connectivity index (χ1v) is 9.64. The molecule has 4 aromatic rings. The maximum absolute atomic E-state index is 12.8. The van der Waals surface area contributed by atoms with E-state index < -0.39 is 0 Å². The van der Waals surface area contributed by atoms with E-state index in [-0.39, 0.29) is 5.91 Å². The van der Waals surface area contributed by atoms with Gasteiger partial charge in [-0.05, 0) is 56.2 Å². The van der Waals surface area contributed by atoms with E-state index in [2.05, 4.69) is 44.6 Å². The molecule has 2 aromatic heterocycles. The van der Waals surface area contributed by atoms with Gasteiger partial charge in [0, 0.05) is 17.4 Å². The van der Waals surface area contributed by atoms with Crippen molar-refractivity contribution in [3.63, 3.8) is 0 Å². The molecule has 7 heteroatoms. The summed E-state index contributed by atoms with van der Waals surface area (Å²) in [5, 5.41) is 6.92. The number of nitrogens with one attached hydrogen (secondary N) is 2. The number of fused-ring (bicyclic) bond motifs is 1. The second-order valence-corrected chi connectivity index (χ2v) is 7.68. The van der Waals surface area contributed by atoms with Crippen LogP contribution in [0.5, 0.6) is 0 Å². The predicted molar refractivity (Wildman–Crippen MR) is 114 cm³/mol. The summed E-state index contributed by atoms with van der Waals surface area (Å²) in [7, 11) is 0. The number of carbonyl (C=O) groups excluding carboxylic acids is 1. The van der Waals surface area contributed by atoms with Crippen molar-refractivity contribution in [3.8, 4) is 0 Å². The number of carbonyl (C=O) groups is 1. The largest absolute Gasteiger partial charge is 0.322 e. The fourth-order valence-corrected chi connectivity index (χ4v) is 4.07. The molecule has 0 saturated heterocycles. The highest BCUT2D eigenvalue weighted by Gasteiger charge is 2.13. The van der Waals surface area contributed by atoms with Crippen LogP contribution in [0.25, 0.3) is 10.2 Å². The lowest BCUT2D eigenvalue weighted by Crippen LogP contribution is -2.13. The van der Waals surface area contributed by atoms with Gasteiger partial charge < -0.3 is 10.6 Å². The lowest BCUT2D eigenvalue weighted by molar-refractivity contribution is 0.102. The molecule has 0 bridgehead atoms. The summed E-state index contributed by atoms with van der Waals surface area (Å²) in [6.07, 6.45) is 3.15. The smallest absolute Gasteiger partial charge is 0.255 e. The highest BCUT2D eigenvalue weighted by atomic mass is 32.1. The Hall–Kier alpha value is -3.32. The van der Waals surface area contributed by atoms with Gasteiger partial charge in [0.1, 0.15) is 12.1 Å². The molecule has 2 aromatic carbocycles. The minimum Gasteiger partial charge on any atom is -0.322 e. The molecule has 4 rings (SSSR count). The van der Waals surface area contributed by atoms with Crippen molar-refractivity contribution >= 4 is 44.1 Å². The molecule has 0 aliphatic heterocycles. The van der Waals surface area contributed by atoms with Gasteiger partial charge in [0.05, 0.1) is 10.2 Å². The molecule has 0 spiro atoms. The van der Waals surface area contributed by atoms with E-state index in [1.54, 1.807) is 18.3 Å². The van der Waals surface area contributed by atoms with E-state index in [1.807, 2.05) is 26.0 Å². The summed E-state index contributed by atoms with van der Waals surface area (Å²) in [5.74, 6) is 0.549. The number of thiazole rings is 1. The number of hydrogen-bond donors (Lipinski definition) is 2. The number of hydrogen-bond acceptors (Lipinski definition) is 6. The summed E-state index contributed by atoms with van der Waals surface area (Å²) < 4.78 is 0.932. The first-order valence-electron chi connectivity index (χ1n) is 8.82. The Morgan fingerprint density at radius 3 is 2.54 bits per heavy atom. The lowest BCUT2D eigenvalue weighted by atomic mass is 10.0. The molecule has 0 aliphatic rings. The third kappa shape index (κ3) is 3.70. The van der Waals surface area contributed by atoms with Crippen LogP contribution in [0, 0.1) is 20.8 Å². The van der Waals surface area contributed by atoms with Gasteiger partial charge in [0.15, 0.2) is 5.13 Å². The van der Waals surface area contributed by atoms with Crippen LogP contribution in [0.2, 0.25) is 0 Å². The Morgan fingerprint density at radius 1 is 1.04 bits per heavy atom. The maximum Gasteiger partial charge on any atom is 0.255 e. The zero-order valence-corrected chi connectivity index (χ0v) is 16.6. The zero-order chi connectivity index (χ0) is 19.7. The Balaban J connectivity index is 1.58. The van der Waals surface area contributed by atoms with Crippen molar-refractivity contribution < 1.29 is 4.79 Å². The van der Waals surface area contributed by atoms with Crippen LogP contribution in [0.1, 0.15) is 27.0 Å². The van der Waals surface area contributed by atoms with Crippen molar-refractivity contribution in [1.29, 1.82) is 0 Å². The second-order valence-electron chi connectivity index (χ2n) is 6.65. The van der Waals surface area contributed by atoms with Crippen molar-refractivity contribution in [1.82, 2.24) is 15.0 Å². The minimum absolute atomic E-state index is 0.129. The molecule has 0 saturated carbocycles. The third-order valence-electron chi connectivity index (χ3n) is 4.38. The van der Waals surface area contributed by atoms with E-state index in [0.717, 1.165) is 32.2 Å². The molecular formula is C21H19N5OS. The van der Waals surface area contributed by atoms with Crippen LogP contribution < -0.4 is 10.6 Å². The number of aryl methyl sites for hydroxylation is 3. The molecule has 0 radical (unpaired) electrons. The van der Waals surface area contributed by atoms with Gasteiger partial charge in [-0.15, -0.1) is 0 Å². The highest BCUT2D eigenvalue weighted by Crippen LogP contribution is 2.29. The van der Waals surface area contributed by atoms with Crippen molar-refractivity contribution in [2.24, 2.45) is 0 Å². The van der Waals surface area contributed by atoms with Gasteiger partial charge in [0.25, 0.3) is 5.91 Å². The summed E-state index contributed by atoms with van der Waals surface area (Å²) in [4.78, 5) is 25.4. The van der Waals surface area contributed by atoms with Crippen LogP contribution in [0.3, 0.4) is 0 Å². The first kappa shape index (κ1) is 18.1. The summed E-state index contributed by atoms with van der Waals surface area (Å²) >= 11 is 1.48. The van der Waals surface area contributed by atoms with Gasteiger partial charge >= 0.3 is 0 Å². The standard InChI is InChI=1S/C21H19N5OS/c1-12-8-13(2)19(14(3)9-12)26-20(27)15-4-5-16-17(10-15)28-21(24-16)25-18-6-7-22-11-23-18/h4-11H,1-3H3,(H,26,27)(H,22,23,24,25). The number of amides is 1. The second kappa shape index (κ2) is 7.36. The normalized spacial score (nSPS) is 10.8. The molecule has 1 amide bonds. The Bertz CT molecular complexity index is 1150. The molecule has 0 unspecified atom stereocenters. The number of nitrogens with zero attached hydrogens (tertiary/aromatic N) is 3. The van der Waals surface area contributed by atoms with E-state index in [9.17, 15) is 4.79 Å². The van der Waals surface area contributed by atoms with Crippen LogP contribution >= 0.6 is 11.3 Å². The Kier molecular flexibility index (Phi) is 4.75. The van der Waals surface area contributed by atoms with E-state index in [4.69, 9.17) is 0 Å². The fraction of sp³-hybridized carbons (Fsp3) is 0.143. The topological polar surface area (TPSA) is 79.8 Å². The number of anilines is 3. The van der Waals surface area contributed by atoms with E-state index >= 15 is 0 Å². The van der Waals surface area contributed by atoms with Crippen LogP contribution in [-0.2, 0) is 0 Å². The number of rotatable bonds is 4. The number of benzene rings is 2. The van der Waals surface area contributed by atoms with Gasteiger partial charge in [-0.2, -0.15) is 0 Å². The van der Waals surface area contributed by atoms with Gasteiger partial charge in [-0.1, -0.05) is 29.0 Å². The molecule has 140 valence electrons. The van der Waals surface area contributed by atoms with Crippen molar-refractivity contribution in [2.45, 2.75) is 20.8 Å². The molecule has 2 N–H and O–H groups in total. The van der Waals surface area contributed by atoms with E-state index in [0.29, 0.717) is 11.4 Å². The summed E-state index contributed by atoms with van der Waals surface area (Å²) in [6.45, 7) is 6.07. The minimum atomic E-state index is -0.129. The predicted octanol–water partition coefficient (Wildman–Crippen LogP) is 5.01. The van der Waals surface area contributed by atoms with Crippen LogP contribution in [-0.4, -0.2) is 20.9 Å². The Labute approximate surface area is 166 Å². The molecule has 0 aliphatic carbocycles. The van der Waals surface area contributed by atoms with Crippen LogP contribution in [0.15, 0.2) is 48.9 Å². The molecular weight excluding hydrogens is 370 g/mol. The quantitative estimate of drug-likeness (QED) is 0.513. The average molecular weight is 389 g/mol. The molecule has 6 nitrogen and oxygen atoms in total. The molecule has 0 fully saturated rings. The van der Waals surface area contributed by atoms with Gasteiger partial charge in [-0.3, -0.25) is 4.79 Å². The fourth-order valence-electron chi connectivity index (χ4n) is 3.16. The monoisotopic (exact) mass is 389 g/mol. The summed E-state index contributed by atoms with van der Waals surface area (Å²) in [6, 6.07) is 11.4. The zero-order valence-electron chi connectivity index (χ0n) is 15.8. The average Bonchev–Trinajstić information content (AvgIpc) is 3.06. The molecule has 0 atom stereocenters. The van der Waals surface area contributed by atoms with Gasteiger partial charge in [-0.25, -0.2) is 15.0 Å².